The van der Waals surface area contributed by atoms with E-state index < -0.39 is 18.5 Å². The Hall–Kier alpha value is -2.54. The van der Waals surface area contributed by atoms with Gasteiger partial charge >= 0.3 is 5.97 Å². The number of fused-ring (bicyclic) bond motifs is 1. The fourth-order valence-electron chi connectivity index (χ4n) is 1.28. The smallest absolute Gasteiger partial charge is 0.332 e. The standard InChI is InChI=1S/C11H9N3O4/c15-10(16)6-18-14-11(17)9-5-12-7-3-1-2-4-8(7)13-9/h1-5H,6H2,(H,14,17)(H,15,16). The highest BCUT2D eigenvalue weighted by atomic mass is 16.7. The topological polar surface area (TPSA) is 101 Å². The van der Waals surface area contributed by atoms with Gasteiger partial charge in [-0.2, -0.15) is 0 Å². The van der Waals surface area contributed by atoms with E-state index in [9.17, 15) is 9.59 Å². The van der Waals surface area contributed by atoms with Gasteiger partial charge in [-0.3, -0.25) is 14.6 Å². The number of nitrogens with zero attached hydrogens (tertiary/aromatic N) is 2. The van der Waals surface area contributed by atoms with Gasteiger partial charge in [-0.05, 0) is 12.1 Å². The molecule has 0 aliphatic heterocycles. The van der Waals surface area contributed by atoms with Gasteiger partial charge in [0.05, 0.1) is 17.2 Å². The van der Waals surface area contributed by atoms with Crippen LogP contribution in [0.1, 0.15) is 10.5 Å². The lowest BCUT2D eigenvalue weighted by Gasteiger charge is -2.03. The minimum Gasteiger partial charge on any atom is -0.479 e. The second-order valence-electron chi connectivity index (χ2n) is 3.36. The van der Waals surface area contributed by atoms with Crippen LogP contribution in [-0.4, -0.2) is 33.6 Å². The third kappa shape index (κ3) is 2.77. The zero-order chi connectivity index (χ0) is 13.0. The quantitative estimate of drug-likeness (QED) is 0.757. The second kappa shape index (κ2) is 5.19. The molecule has 2 rings (SSSR count). The Morgan fingerprint density at radius 2 is 2.00 bits per heavy atom. The van der Waals surface area contributed by atoms with E-state index in [-0.39, 0.29) is 5.69 Å². The molecule has 0 fully saturated rings. The number of benzene rings is 1. The average Bonchev–Trinajstić information content (AvgIpc) is 2.37. The maximum atomic E-state index is 11.5. The van der Waals surface area contributed by atoms with E-state index in [1.54, 1.807) is 18.2 Å². The molecule has 0 unspecified atom stereocenters. The van der Waals surface area contributed by atoms with Crippen LogP contribution in [0.4, 0.5) is 0 Å². The van der Waals surface area contributed by atoms with Crippen LogP contribution < -0.4 is 5.48 Å². The SMILES string of the molecule is O=C(O)CONC(=O)c1cnc2ccccc2n1. The molecule has 2 N–H and O–H groups in total. The number of nitrogens with one attached hydrogen (secondary N) is 1. The van der Waals surface area contributed by atoms with Gasteiger partial charge in [-0.15, -0.1) is 0 Å². The first kappa shape index (κ1) is 11.9. The Balaban J connectivity index is 2.10. The number of carboxylic acid groups (broad SMARTS) is 1. The van der Waals surface area contributed by atoms with Crippen molar-refractivity contribution in [3.8, 4) is 0 Å². The molecule has 92 valence electrons. The number of hydroxylamine groups is 1. The third-order valence-corrected chi connectivity index (χ3v) is 2.04. The van der Waals surface area contributed by atoms with E-state index in [1.165, 1.54) is 6.20 Å². The molecular formula is C11H9N3O4. The summed E-state index contributed by atoms with van der Waals surface area (Å²) in [6.45, 7) is -0.618. The van der Waals surface area contributed by atoms with Crippen LogP contribution in [0.3, 0.4) is 0 Å². The summed E-state index contributed by atoms with van der Waals surface area (Å²) >= 11 is 0. The fraction of sp³-hybridized carbons (Fsp3) is 0.0909. The summed E-state index contributed by atoms with van der Waals surface area (Å²) in [5, 5.41) is 8.33. The van der Waals surface area contributed by atoms with Gasteiger partial charge in [0.25, 0.3) is 5.91 Å². The number of aromatic nitrogens is 2. The molecule has 7 nitrogen and oxygen atoms in total. The summed E-state index contributed by atoms with van der Waals surface area (Å²) in [6.07, 6.45) is 1.29. The van der Waals surface area contributed by atoms with Crippen LogP contribution in [0.15, 0.2) is 30.5 Å². The van der Waals surface area contributed by atoms with Gasteiger partial charge in [0.2, 0.25) is 0 Å². The Morgan fingerprint density at radius 1 is 1.28 bits per heavy atom. The fourth-order valence-corrected chi connectivity index (χ4v) is 1.28. The Morgan fingerprint density at radius 3 is 2.72 bits per heavy atom. The van der Waals surface area contributed by atoms with Gasteiger partial charge in [0.15, 0.2) is 6.61 Å². The molecule has 1 heterocycles. The first-order chi connectivity index (χ1) is 8.66. The molecule has 0 atom stereocenters. The van der Waals surface area contributed by atoms with Crippen molar-refractivity contribution < 1.29 is 19.5 Å². The van der Waals surface area contributed by atoms with Gasteiger partial charge in [-0.1, -0.05) is 12.1 Å². The lowest BCUT2D eigenvalue weighted by molar-refractivity contribution is -0.144. The highest BCUT2D eigenvalue weighted by molar-refractivity contribution is 5.93. The van der Waals surface area contributed by atoms with Crippen molar-refractivity contribution in [2.75, 3.05) is 6.61 Å². The molecule has 7 heteroatoms. The lowest BCUT2D eigenvalue weighted by atomic mass is 10.3. The minimum atomic E-state index is -1.18. The van der Waals surface area contributed by atoms with E-state index in [2.05, 4.69) is 14.8 Å². The van der Waals surface area contributed by atoms with Crippen LogP contribution in [0.25, 0.3) is 11.0 Å². The number of aliphatic carboxylic acids is 1. The van der Waals surface area contributed by atoms with Crippen molar-refractivity contribution in [3.63, 3.8) is 0 Å². The molecule has 0 bridgehead atoms. The number of carbonyl (C=O) groups excluding carboxylic acids is 1. The zero-order valence-corrected chi connectivity index (χ0v) is 9.16. The molecule has 0 aliphatic carbocycles. The molecule has 1 aromatic heterocycles. The number of hydrogen-bond donors (Lipinski definition) is 2. The summed E-state index contributed by atoms with van der Waals surface area (Å²) in [4.78, 5) is 34.3. The normalized spacial score (nSPS) is 10.2. The number of carboxylic acids is 1. The monoisotopic (exact) mass is 247 g/mol. The Kier molecular flexibility index (Phi) is 3.44. The second-order valence-corrected chi connectivity index (χ2v) is 3.36. The van der Waals surface area contributed by atoms with E-state index >= 15 is 0 Å². The van der Waals surface area contributed by atoms with Crippen molar-refractivity contribution in [2.45, 2.75) is 0 Å². The summed E-state index contributed by atoms with van der Waals surface area (Å²) in [5.41, 5.74) is 3.27. The van der Waals surface area contributed by atoms with Gasteiger partial charge in [0, 0.05) is 0 Å². The maximum absolute atomic E-state index is 11.5. The van der Waals surface area contributed by atoms with E-state index in [0.717, 1.165) is 0 Å². The number of para-hydroxylation sites is 2. The highest BCUT2D eigenvalue weighted by Crippen LogP contribution is 2.08. The summed E-state index contributed by atoms with van der Waals surface area (Å²) < 4.78 is 0. The van der Waals surface area contributed by atoms with Crippen LogP contribution >= 0.6 is 0 Å². The molecule has 1 amide bonds. The van der Waals surface area contributed by atoms with Crippen molar-refractivity contribution >= 4 is 22.9 Å². The van der Waals surface area contributed by atoms with Gasteiger partial charge in [-0.25, -0.2) is 15.3 Å². The highest BCUT2D eigenvalue weighted by Gasteiger charge is 2.09. The van der Waals surface area contributed by atoms with E-state index in [1.807, 2.05) is 11.5 Å². The molecule has 0 saturated carbocycles. The largest absolute Gasteiger partial charge is 0.479 e. The first-order valence-corrected chi connectivity index (χ1v) is 5.02. The third-order valence-electron chi connectivity index (χ3n) is 2.04. The van der Waals surface area contributed by atoms with Gasteiger partial charge < -0.3 is 5.11 Å². The Labute approximate surface area is 101 Å². The van der Waals surface area contributed by atoms with Crippen molar-refractivity contribution in [2.24, 2.45) is 0 Å². The molecular weight excluding hydrogens is 238 g/mol. The van der Waals surface area contributed by atoms with E-state index in [4.69, 9.17) is 5.11 Å². The molecule has 2 aromatic rings. The summed E-state index contributed by atoms with van der Waals surface area (Å²) in [6, 6.07) is 7.08. The maximum Gasteiger partial charge on any atom is 0.332 e. The molecule has 18 heavy (non-hydrogen) atoms. The average molecular weight is 247 g/mol. The lowest BCUT2D eigenvalue weighted by Crippen LogP contribution is -2.27. The predicted molar refractivity (Wildman–Crippen MR) is 60.6 cm³/mol. The Bertz CT molecular complexity index is 600. The molecule has 0 radical (unpaired) electrons. The van der Waals surface area contributed by atoms with Crippen LogP contribution in [-0.2, 0) is 9.63 Å². The summed E-state index contributed by atoms with van der Waals surface area (Å²) in [7, 11) is 0. The predicted octanol–water partition coefficient (Wildman–Crippen LogP) is 0.376. The molecule has 1 aromatic carbocycles. The number of amides is 1. The zero-order valence-electron chi connectivity index (χ0n) is 9.16. The number of hydrogen-bond acceptors (Lipinski definition) is 5. The molecule has 0 saturated heterocycles. The van der Waals surface area contributed by atoms with Crippen LogP contribution in [0.2, 0.25) is 0 Å². The molecule has 0 spiro atoms. The first-order valence-electron chi connectivity index (χ1n) is 5.02. The van der Waals surface area contributed by atoms with E-state index in [0.29, 0.717) is 11.0 Å². The number of carbonyl (C=O) groups is 2. The van der Waals surface area contributed by atoms with Crippen LogP contribution in [0.5, 0.6) is 0 Å². The van der Waals surface area contributed by atoms with Gasteiger partial charge in [0.1, 0.15) is 5.69 Å². The summed E-state index contributed by atoms with van der Waals surface area (Å²) in [5.74, 6) is -1.82. The minimum absolute atomic E-state index is 0.0547. The van der Waals surface area contributed by atoms with Crippen LogP contribution in [0, 0.1) is 0 Å². The van der Waals surface area contributed by atoms with Crippen molar-refractivity contribution in [1.82, 2.24) is 15.4 Å². The van der Waals surface area contributed by atoms with Crippen molar-refractivity contribution in [3.05, 3.63) is 36.2 Å². The number of rotatable bonds is 4. The van der Waals surface area contributed by atoms with Crippen molar-refractivity contribution in [1.29, 1.82) is 0 Å². The molecule has 0 aliphatic rings.